The van der Waals surface area contributed by atoms with Crippen LogP contribution in [0.5, 0.6) is 0 Å². The molecule has 1 heterocycles. The van der Waals surface area contributed by atoms with Gasteiger partial charge >= 0.3 is 0 Å². The minimum atomic E-state index is 0.390. The molecule has 0 spiro atoms. The third kappa shape index (κ3) is 11.4. The molecule has 0 saturated carbocycles. The van der Waals surface area contributed by atoms with Crippen molar-refractivity contribution in [2.45, 2.75) is 130 Å². The lowest BCUT2D eigenvalue weighted by molar-refractivity contribution is 0.301. The normalized spacial score (nSPS) is 13.2. The van der Waals surface area contributed by atoms with E-state index in [0.29, 0.717) is 5.41 Å². The molecule has 1 rings (SSSR count). The molecule has 1 atom stereocenters. The fraction of sp³-hybridized carbons (Fsp3) is 0.840. The van der Waals surface area contributed by atoms with E-state index in [2.05, 4.69) is 45.2 Å². The van der Waals surface area contributed by atoms with Crippen molar-refractivity contribution in [3.05, 3.63) is 22.4 Å². The van der Waals surface area contributed by atoms with Crippen LogP contribution in [0.1, 0.15) is 135 Å². The summed E-state index contributed by atoms with van der Waals surface area (Å²) in [4.78, 5) is 1.59. The summed E-state index contributed by atoms with van der Waals surface area (Å²) in [6.07, 6.45) is 21.6. The summed E-state index contributed by atoms with van der Waals surface area (Å²) < 4.78 is 0. The zero-order valence-corrected chi connectivity index (χ0v) is 19.1. The van der Waals surface area contributed by atoms with Crippen LogP contribution < -0.4 is 0 Å². The van der Waals surface area contributed by atoms with Crippen molar-refractivity contribution in [3.63, 3.8) is 0 Å². The number of hydrogen-bond acceptors (Lipinski definition) is 1. The Morgan fingerprint density at radius 2 is 1.19 bits per heavy atom. The number of thiophene rings is 1. The highest BCUT2D eigenvalue weighted by Gasteiger charge is 2.26. The molecule has 0 nitrogen and oxygen atoms in total. The molecule has 0 aromatic carbocycles. The molecular weight excluding hydrogens is 332 g/mol. The molecule has 152 valence electrons. The van der Waals surface area contributed by atoms with E-state index in [-0.39, 0.29) is 0 Å². The van der Waals surface area contributed by atoms with E-state index in [9.17, 15) is 0 Å². The molecule has 1 heteroatoms. The van der Waals surface area contributed by atoms with Crippen LogP contribution >= 0.6 is 11.3 Å². The summed E-state index contributed by atoms with van der Waals surface area (Å²) in [5, 5.41) is 2.24. The lowest BCUT2D eigenvalue weighted by Gasteiger charge is -2.30. The van der Waals surface area contributed by atoms with Gasteiger partial charge in [-0.15, -0.1) is 11.3 Å². The van der Waals surface area contributed by atoms with Gasteiger partial charge in [0.1, 0.15) is 0 Å². The molecule has 0 radical (unpaired) electrons. The Balaban J connectivity index is 1.94. The van der Waals surface area contributed by atoms with Gasteiger partial charge in [-0.3, -0.25) is 0 Å². The summed E-state index contributed by atoms with van der Waals surface area (Å²) in [5.41, 5.74) is 0.390. The average molecular weight is 379 g/mol. The van der Waals surface area contributed by atoms with E-state index >= 15 is 0 Å². The molecule has 0 amide bonds. The first-order valence-corrected chi connectivity index (χ1v) is 12.5. The second-order valence-corrected chi connectivity index (χ2v) is 10.3. The summed E-state index contributed by atoms with van der Waals surface area (Å²) in [7, 11) is 0. The van der Waals surface area contributed by atoms with E-state index in [4.69, 9.17) is 0 Å². The molecule has 0 bridgehead atoms. The van der Waals surface area contributed by atoms with Gasteiger partial charge in [-0.05, 0) is 29.2 Å². The van der Waals surface area contributed by atoms with E-state index in [1.165, 1.54) is 96.3 Å². The maximum Gasteiger partial charge on any atom is 0.00814 e. The molecular formula is C25H46S. The molecule has 0 N–H and O–H groups in total. The first kappa shape index (κ1) is 23.7. The third-order valence-corrected chi connectivity index (χ3v) is 6.76. The van der Waals surface area contributed by atoms with Crippen molar-refractivity contribution in [1.82, 2.24) is 0 Å². The van der Waals surface area contributed by atoms with Crippen LogP contribution in [0.25, 0.3) is 0 Å². The lowest BCUT2D eigenvalue weighted by Crippen LogP contribution is -2.17. The molecule has 0 saturated heterocycles. The predicted molar refractivity (Wildman–Crippen MR) is 121 cm³/mol. The standard InChI is InChI=1S/C25H46S/c1-5-6-7-8-9-10-11-12-13-14-15-16-17-18-20-23(25(2,3)4)24-21-19-22-26-24/h19,21-23H,5-18,20H2,1-4H3. The quantitative estimate of drug-likeness (QED) is 0.251. The Hall–Kier alpha value is -0.300. The molecule has 1 aromatic heterocycles. The average Bonchev–Trinajstić information content (AvgIpc) is 3.11. The van der Waals surface area contributed by atoms with Gasteiger partial charge < -0.3 is 0 Å². The van der Waals surface area contributed by atoms with Gasteiger partial charge in [-0.2, -0.15) is 0 Å². The van der Waals surface area contributed by atoms with Gasteiger partial charge in [-0.25, -0.2) is 0 Å². The van der Waals surface area contributed by atoms with E-state index < -0.39 is 0 Å². The van der Waals surface area contributed by atoms with Crippen molar-refractivity contribution >= 4 is 11.3 Å². The van der Waals surface area contributed by atoms with Crippen molar-refractivity contribution in [2.75, 3.05) is 0 Å². The van der Waals surface area contributed by atoms with Gasteiger partial charge in [0.25, 0.3) is 0 Å². The first-order valence-electron chi connectivity index (χ1n) is 11.6. The Kier molecular flexibility index (Phi) is 13.4. The van der Waals surface area contributed by atoms with Crippen LogP contribution in [-0.2, 0) is 0 Å². The molecule has 26 heavy (non-hydrogen) atoms. The van der Waals surface area contributed by atoms with E-state index in [0.717, 1.165) is 5.92 Å². The summed E-state index contributed by atoms with van der Waals surface area (Å²) in [6.45, 7) is 9.51. The number of unbranched alkanes of at least 4 members (excludes halogenated alkanes) is 13. The third-order valence-electron chi connectivity index (χ3n) is 5.78. The highest BCUT2D eigenvalue weighted by molar-refractivity contribution is 7.10. The van der Waals surface area contributed by atoms with Gasteiger partial charge in [0.15, 0.2) is 0 Å². The molecule has 0 fully saturated rings. The van der Waals surface area contributed by atoms with Crippen LogP contribution in [0, 0.1) is 5.41 Å². The number of hydrogen-bond donors (Lipinski definition) is 0. The monoisotopic (exact) mass is 378 g/mol. The largest absolute Gasteiger partial charge is 0.149 e. The van der Waals surface area contributed by atoms with Gasteiger partial charge in [0, 0.05) is 4.88 Å². The zero-order valence-electron chi connectivity index (χ0n) is 18.3. The Bertz CT molecular complexity index is 398. The predicted octanol–water partition coefficient (Wildman–Crippen LogP) is 9.75. The lowest BCUT2D eigenvalue weighted by atomic mass is 9.77. The minimum absolute atomic E-state index is 0.390. The maximum atomic E-state index is 2.40. The molecule has 0 aliphatic heterocycles. The van der Waals surface area contributed by atoms with Crippen LogP contribution in [-0.4, -0.2) is 0 Å². The van der Waals surface area contributed by atoms with Crippen molar-refractivity contribution < 1.29 is 0 Å². The molecule has 0 aliphatic rings. The van der Waals surface area contributed by atoms with Gasteiger partial charge in [0.2, 0.25) is 0 Å². The summed E-state index contributed by atoms with van der Waals surface area (Å²) in [6, 6.07) is 4.55. The maximum absolute atomic E-state index is 2.40. The van der Waals surface area contributed by atoms with Crippen molar-refractivity contribution in [2.24, 2.45) is 5.41 Å². The summed E-state index contributed by atoms with van der Waals surface area (Å²) in [5.74, 6) is 0.736. The van der Waals surface area contributed by atoms with Crippen LogP contribution in [0.4, 0.5) is 0 Å². The first-order chi connectivity index (χ1) is 12.6. The van der Waals surface area contributed by atoms with Crippen molar-refractivity contribution in [1.29, 1.82) is 0 Å². The SMILES string of the molecule is CCCCCCCCCCCCCCCCC(c1cccs1)C(C)(C)C. The van der Waals surface area contributed by atoms with E-state index in [1.54, 1.807) is 4.88 Å². The molecule has 1 aromatic rings. The second kappa shape index (κ2) is 14.7. The van der Waals surface area contributed by atoms with Gasteiger partial charge in [0.05, 0.1) is 0 Å². The topological polar surface area (TPSA) is 0 Å². The Labute approximate surface area is 169 Å². The van der Waals surface area contributed by atoms with Gasteiger partial charge in [-0.1, -0.05) is 124 Å². The highest BCUT2D eigenvalue weighted by atomic mass is 32.1. The van der Waals surface area contributed by atoms with Crippen LogP contribution in [0.3, 0.4) is 0 Å². The Morgan fingerprint density at radius 1 is 0.731 bits per heavy atom. The smallest absolute Gasteiger partial charge is 0.00814 e. The zero-order chi connectivity index (χ0) is 19.1. The minimum Gasteiger partial charge on any atom is -0.149 e. The molecule has 1 unspecified atom stereocenters. The fourth-order valence-electron chi connectivity index (χ4n) is 4.03. The molecule has 0 aliphatic carbocycles. The fourth-order valence-corrected chi connectivity index (χ4v) is 5.14. The second-order valence-electron chi connectivity index (χ2n) is 9.32. The highest BCUT2D eigenvalue weighted by Crippen LogP contribution is 2.40. The van der Waals surface area contributed by atoms with Crippen LogP contribution in [0.2, 0.25) is 0 Å². The van der Waals surface area contributed by atoms with E-state index in [1.807, 2.05) is 11.3 Å². The van der Waals surface area contributed by atoms with Crippen molar-refractivity contribution in [3.8, 4) is 0 Å². The van der Waals surface area contributed by atoms with Crippen LogP contribution in [0.15, 0.2) is 17.5 Å². The Morgan fingerprint density at radius 3 is 1.58 bits per heavy atom. The summed E-state index contributed by atoms with van der Waals surface area (Å²) >= 11 is 1.94. The number of rotatable bonds is 16.